The van der Waals surface area contributed by atoms with E-state index in [-0.39, 0.29) is 47.6 Å². The van der Waals surface area contributed by atoms with Crippen molar-refractivity contribution in [2.75, 3.05) is 27.3 Å². The largest absolute Gasteiger partial charge is 0.453 e. The molecule has 4 N–H and O–H groups in total. The number of aromatic amines is 2. The van der Waals surface area contributed by atoms with E-state index in [1.807, 2.05) is 43.7 Å². The van der Waals surface area contributed by atoms with Crippen LogP contribution in [0.15, 0.2) is 54.7 Å². The number of H-pyrrole nitrogens is 2. The molecule has 0 bridgehead atoms. The molecule has 15 heteroatoms. The highest BCUT2D eigenvalue weighted by atomic mass is 32.1. The number of hydrogen-bond acceptors (Lipinski definition) is 9. The van der Waals surface area contributed by atoms with Crippen LogP contribution >= 0.6 is 11.3 Å². The Balaban J connectivity index is 1.04. The molecule has 2 aromatic carbocycles. The summed E-state index contributed by atoms with van der Waals surface area (Å²) in [6, 6.07) is 15.1. The predicted molar refractivity (Wildman–Crippen MR) is 232 cm³/mol. The Bertz CT molecular complexity index is 2330. The number of imidazole rings is 2. The van der Waals surface area contributed by atoms with Crippen LogP contribution in [0.2, 0.25) is 0 Å². The van der Waals surface area contributed by atoms with E-state index in [0.29, 0.717) is 13.1 Å². The molecule has 7 rings (SSSR count). The van der Waals surface area contributed by atoms with Gasteiger partial charge in [0.05, 0.1) is 32.0 Å². The fraction of sp³-hybridized carbons (Fsp3) is 0.467. The summed E-state index contributed by atoms with van der Waals surface area (Å²) in [7, 11) is 2.59. The van der Waals surface area contributed by atoms with Crippen LogP contribution in [0.1, 0.15) is 83.7 Å². The average molecular weight is 837 g/mol. The van der Waals surface area contributed by atoms with Gasteiger partial charge in [-0.1, -0.05) is 84.0 Å². The van der Waals surface area contributed by atoms with Crippen LogP contribution in [0, 0.1) is 30.6 Å². The Morgan fingerprint density at radius 2 is 1.28 bits per heavy atom. The summed E-state index contributed by atoms with van der Waals surface area (Å²) in [4.78, 5) is 74.1. The molecule has 0 spiro atoms. The first-order valence-electron chi connectivity index (χ1n) is 20.7. The fourth-order valence-electron chi connectivity index (χ4n) is 8.58. The Hall–Kier alpha value is -5.70. The molecule has 3 aromatic heterocycles. The number of alkyl carbamates (subject to hydrolysis) is 2. The number of methoxy groups -OCH3 is 2. The maximum absolute atomic E-state index is 13.7. The number of aryl methyl sites for hydroxylation is 1. The van der Waals surface area contributed by atoms with Crippen molar-refractivity contribution in [3.8, 4) is 32.8 Å². The molecule has 60 heavy (non-hydrogen) atoms. The number of nitrogens with zero attached hydrogens (tertiary/aromatic N) is 4. The number of carbonyl (C=O) groups excluding carboxylic acids is 4. The number of nitrogens with one attached hydrogen (secondary N) is 4. The molecule has 4 amide bonds. The quantitative estimate of drug-likeness (QED) is 0.103. The standard InChI is InChI=1S/C45H56N8O6S/c1-23(2)37(49-44(56)58-8)42(54)52-21-25(5)16-34(52)39-46-20-33(48-39)29-12-10-28(11-13-29)30-14-15-31(27(7)18-30)36-19-32-41(60-36)51-40(47-32)35-17-26(6)22-53(35)43(55)38(24(3)4)50-45(57)59-9/h10-15,18-20,23-26,34-35,37-38H,16-17,21-22H2,1-9H3,(H,46,48)(H,47,51)(H,49,56)(H,50,57)/t25-,26-,34-,35+,37-,38-/m0/s1. The number of carbonyl (C=O) groups is 4. The molecule has 318 valence electrons. The zero-order valence-corrected chi connectivity index (χ0v) is 36.6. The van der Waals surface area contributed by atoms with Crippen LogP contribution in [0.4, 0.5) is 9.59 Å². The van der Waals surface area contributed by atoms with Crippen molar-refractivity contribution in [1.82, 2.24) is 40.4 Å². The molecule has 5 aromatic rings. The minimum absolute atomic E-state index is 0.108. The second kappa shape index (κ2) is 17.5. The van der Waals surface area contributed by atoms with Gasteiger partial charge in [-0.2, -0.15) is 0 Å². The van der Waals surface area contributed by atoms with Gasteiger partial charge in [0.25, 0.3) is 0 Å². The van der Waals surface area contributed by atoms with E-state index in [2.05, 4.69) is 89.9 Å². The summed E-state index contributed by atoms with van der Waals surface area (Å²) in [5.74, 6) is 1.57. The van der Waals surface area contributed by atoms with Crippen LogP contribution in [0.25, 0.3) is 43.2 Å². The van der Waals surface area contributed by atoms with Crippen molar-refractivity contribution in [3.05, 3.63) is 71.9 Å². The lowest BCUT2D eigenvalue weighted by Gasteiger charge is -2.30. The smallest absolute Gasteiger partial charge is 0.407 e. The molecule has 2 saturated heterocycles. The molecule has 6 atom stereocenters. The van der Waals surface area contributed by atoms with Gasteiger partial charge >= 0.3 is 12.2 Å². The van der Waals surface area contributed by atoms with Crippen molar-refractivity contribution in [2.45, 2.75) is 85.5 Å². The number of aromatic nitrogens is 4. The number of fused-ring (bicyclic) bond motifs is 1. The van der Waals surface area contributed by atoms with Gasteiger partial charge in [-0.3, -0.25) is 9.59 Å². The Morgan fingerprint density at radius 3 is 1.80 bits per heavy atom. The summed E-state index contributed by atoms with van der Waals surface area (Å²) in [6.07, 6.45) is 2.20. The second-order valence-electron chi connectivity index (χ2n) is 17.1. The molecule has 5 heterocycles. The summed E-state index contributed by atoms with van der Waals surface area (Å²) in [6.45, 7) is 15.2. The summed E-state index contributed by atoms with van der Waals surface area (Å²) in [5, 5.41) is 5.44. The summed E-state index contributed by atoms with van der Waals surface area (Å²) >= 11 is 1.65. The highest BCUT2D eigenvalue weighted by molar-refractivity contribution is 7.21. The van der Waals surface area contributed by atoms with Crippen molar-refractivity contribution in [2.24, 2.45) is 23.7 Å². The van der Waals surface area contributed by atoms with Gasteiger partial charge in [-0.25, -0.2) is 19.6 Å². The molecular weight excluding hydrogens is 781 g/mol. The summed E-state index contributed by atoms with van der Waals surface area (Å²) in [5.41, 5.74) is 7.08. The molecule has 0 unspecified atom stereocenters. The summed E-state index contributed by atoms with van der Waals surface area (Å²) < 4.78 is 9.58. The van der Waals surface area contributed by atoms with Crippen molar-refractivity contribution in [3.63, 3.8) is 0 Å². The third-order valence-corrected chi connectivity index (χ3v) is 12.9. The third-order valence-electron chi connectivity index (χ3n) is 11.8. The van der Waals surface area contributed by atoms with Gasteiger partial charge < -0.3 is 39.9 Å². The van der Waals surface area contributed by atoms with E-state index >= 15 is 0 Å². The van der Waals surface area contributed by atoms with Crippen molar-refractivity contribution in [1.29, 1.82) is 0 Å². The molecule has 2 aliphatic heterocycles. The van der Waals surface area contributed by atoms with Gasteiger partial charge in [0.15, 0.2) is 0 Å². The number of amides is 4. The number of thiophene rings is 1. The zero-order chi connectivity index (χ0) is 43.0. The molecule has 0 saturated carbocycles. The fourth-order valence-corrected chi connectivity index (χ4v) is 9.67. The topological polar surface area (TPSA) is 175 Å². The number of rotatable bonds is 11. The van der Waals surface area contributed by atoms with E-state index in [9.17, 15) is 19.2 Å². The first-order chi connectivity index (χ1) is 28.6. The van der Waals surface area contributed by atoms with E-state index in [4.69, 9.17) is 19.4 Å². The molecule has 0 radical (unpaired) electrons. The Morgan fingerprint density at radius 1 is 0.750 bits per heavy atom. The average Bonchev–Trinajstić information content (AvgIpc) is 4.07. The van der Waals surface area contributed by atoms with E-state index in [1.54, 1.807) is 11.3 Å². The maximum Gasteiger partial charge on any atom is 0.407 e. The van der Waals surface area contributed by atoms with Gasteiger partial charge in [0.2, 0.25) is 11.8 Å². The van der Waals surface area contributed by atoms with Gasteiger partial charge in [-0.05, 0) is 71.8 Å². The number of hydrogen-bond donors (Lipinski definition) is 4. The van der Waals surface area contributed by atoms with Crippen LogP contribution in [0.5, 0.6) is 0 Å². The lowest BCUT2D eigenvalue weighted by atomic mass is 9.98. The van der Waals surface area contributed by atoms with Gasteiger partial charge in [0, 0.05) is 29.7 Å². The van der Waals surface area contributed by atoms with Crippen LogP contribution in [-0.2, 0) is 19.1 Å². The van der Waals surface area contributed by atoms with Gasteiger partial charge in [-0.15, -0.1) is 11.3 Å². The third kappa shape index (κ3) is 8.63. The van der Waals surface area contributed by atoms with Crippen molar-refractivity contribution >= 4 is 45.7 Å². The SMILES string of the molecule is COC(=O)N[C@H](C(=O)N1C[C@@H](C)C[C@@H]1c1nc2cc(-c3ccc(-c4ccc(-c5c[nH]c([C@@H]6C[C@H](C)CN6C(=O)[C@@H](NC(=O)OC)C(C)C)n5)cc4)cc3C)sc2[nH]1)C(C)C. The number of ether oxygens (including phenoxy) is 2. The Labute approximate surface area is 354 Å². The van der Waals surface area contributed by atoms with Crippen LogP contribution < -0.4 is 10.6 Å². The molecular formula is C45H56N8O6S. The Kier molecular flexibility index (Phi) is 12.4. The van der Waals surface area contributed by atoms with Crippen LogP contribution in [0.3, 0.4) is 0 Å². The van der Waals surface area contributed by atoms with E-state index in [0.717, 1.165) is 73.2 Å². The maximum atomic E-state index is 13.7. The van der Waals surface area contributed by atoms with Gasteiger partial charge in [0.1, 0.15) is 34.1 Å². The van der Waals surface area contributed by atoms with E-state index in [1.165, 1.54) is 14.2 Å². The van der Waals surface area contributed by atoms with E-state index < -0.39 is 24.3 Å². The second-order valence-corrected chi connectivity index (χ2v) is 18.2. The van der Waals surface area contributed by atoms with Crippen LogP contribution in [-0.4, -0.2) is 93.1 Å². The molecule has 0 aliphatic carbocycles. The minimum Gasteiger partial charge on any atom is -0.453 e. The lowest BCUT2D eigenvalue weighted by Crippen LogP contribution is -2.51. The van der Waals surface area contributed by atoms with Crippen molar-refractivity contribution < 1.29 is 28.7 Å². The minimum atomic E-state index is -0.698. The number of likely N-dealkylation sites (tertiary alicyclic amines) is 2. The first-order valence-corrected chi connectivity index (χ1v) is 21.5. The normalized spacial score (nSPS) is 20.2. The highest BCUT2D eigenvalue weighted by Gasteiger charge is 2.41. The molecule has 2 fully saturated rings. The molecule has 2 aliphatic rings. The lowest BCUT2D eigenvalue weighted by molar-refractivity contribution is -0.136. The number of benzene rings is 2. The zero-order valence-electron chi connectivity index (χ0n) is 35.8. The monoisotopic (exact) mass is 836 g/mol. The first kappa shape index (κ1) is 42.4. The highest BCUT2D eigenvalue weighted by Crippen LogP contribution is 2.41. The predicted octanol–water partition coefficient (Wildman–Crippen LogP) is 8.24. The molecule has 14 nitrogen and oxygen atoms in total.